The van der Waals surface area contributed by atoms with E-state index < -0.39 is 0 Å². The first-order valence-electron chi connectivity index (χ1n) is 8.98. The van der Waals surface area contributed by atoms with Crippen LogP contribution in [-0.2, 0) is 0 Å². The molecular weight excluding hydrogens is 316 g/mol. The van der Waals surface area contributed by atoms with E-state index in [1.54, 1.807) is 11.3 Å². The van der Waals surface area contributed by atoms with Crippen LogP contribution in [0.5, 0.6) is 0 Å². The highest BCUT2D eigenvalue weighted by atomic mass is 32.1. The molecule has 4 heteroatoms. The first-order chi connectivity index (χ1) is 11.8. The third-order valence-corrected chi connectivity index (χ3v) is 6.40. The molecule has 0 aliphatic carbocycles. The fraction of sp³-hybridized carbons (Fsp3) is 0.450. The van der Waals surface area contributed by atoms with Gasteiger partial charge in [0.2, 0.25) is 0 Å². The second-order valence-corrected chi connectivity index (χ2v) is 7.77. The molecule has 0 saturated carbocycles. The molecule has 2 aromatic rings. The number of likely N-dealkylation sites (tertiary alicyclic amines) is 1. The lowest BCUT2D eigenvalue weighted by Gasteiger charge is -2.25. The molecule has 0 spiro atoms. The van der Waals surface area contributed by atoms with Crippen molar-refractivity contribution in [1.82, 2.24) is 10.2 Å². The summed E-state index contributed by atoms with van der Waals surface area (Å²) >= 11 is 1.76. The molecule has 1 amide bonds. The molecule has 1 aromatic carbocycles. The summed E-state index contributed by atoms with van der Waals surface area (Å²) in [6.07, 6.45) is 4.53. The Hall–Kier alpha value is -1.65. The summed E-state index contributed by atoms with van der Waals surface area (Å²) in [6.45, 7) is 3.05. The number of benzene rings is 1. The van der Waals surface area contributed by atoms with Crippen molar-refractivity contribution in [3.05, 3.63) is 57.8 Å². The van der Waals surface area contributed by atoms with Gasteiger partial charge in [0.15, 0.2) is 0 Å². The molecular formula is C20H24N2OS. The van der Waals surface area contributed by atoms with E-state index in [2.05, 4.69) is 45.9 Å². The number of thiophene rings is 1. The molecule has 1 N–H and O–H groups in total. The van der Waals surface area contributed by atoms with Crippen molar-refractivity contribution < 1.29 is 4.79 Å². The van der Waals surface area contributed by atoms with E-state index >= 15 is 0 Å². The topological polar surface area (TPSA) is 32.3 Å². The van der Waals surface area contributed by atoms with Crippen LogP contribution in [-0.4, -0.2) is 30.4 Å². The van der Waals surface area contributed by atoms with E-state index in [1.165, 1.54) is 23.3 Å². The minimum absolute atomic E-state index is 0.206. The first-order valence-corrected chi connectivity index (χ1v) is 9.86. The second-order valence-electron chi connectivity index (χ2n) is 6.83. The van der Waals surface area contributed by atoms with Crippen LogP contribution >= 0.6 is 11.3 Å². The highest BCUT2D eigenvalue weighted by Crippen LogP contribution is 2.35. The van der Waals surface area contributed by atoms with Crippen molar-refractivity contribution in [1.29, 1.82) is 0 Å². The Bertz CT molecular complexity index is 691. The Morgan fingerprint density at radius 3 is 2.71 bits per heavy atom. The molecule has 2 aliphatic rings. The highest BCUT2D eigenvalue weighted by molar-refractivity contribution is 7.10. The molecule has 1 aromatic heterocycles. The van der Waals surface area contributed by atoms with Crippen molar-refractivity contribution in [2.75, 3.05) is 19.6 Å². The summed E-state index contributed by atoms with van der Waals surface area (Å²) in [4.78, 5) is 16.5. The fourth-order valence-electron chi connectivity index (χ4n) is 3.98. The zero-order chi connectivity index (χ0) is 16.4. The average molecular weight is 340 g/mol. The zero-order valence-electron chi connectivity index (χ0n) is 13.9. The summed E-state index contributed by atoms with van der Waals surface area (Å²) in [6, 6.07) is 12.8. The summed E-state index contributed by atoms with van der Waals surface area (Å²) in [7, 11) is 0. The largest absolute Gasteiger partial charge is 0.332 e. The molecule has 2 aliphatic heterocycles. The quantitative estimate of drug-likeness (QED) is 0.908. The highest BCUT2D eigenvalue weighted by Gasteiger charge is 2.31. The van der Waals surface area contributed by atoms with Gasteiger partial charge in [-0.2, -0.15) is 0 Å². The molecule has 2 saturated heterocycles. The van der Waals surface area contributed by atoms with Crippen LogP contribution in [0.1, 0.15) is 58.4 Å². The first kappa shape index (κ1) is 15.9. The minimum atomic E-state index is 0.206. The molecule has 3 heterocycles. The number of nitrogens with zero attached hydrogens (tertiary/aromatic N) is 1. The monoisotopic (exact) mass is 340 g/mol. The van der Waals surface area contributed by atoms with Crippen LogP contribution in [0.25, 0.3) is 0 Å². The molecule has 0 bridgehead atoms. The minimum Gasteiger partial charge on any atom is -0.332 e. The number of amides is 1. The van der Waals surface area contributed by atoms with Gasteiger partial charge in [0.1, 0.15) is 0 Å². The Labute approximate surface area is 147 Å². The molecule has 1 unspecified atom stereocenters. The lowest BCUT2D eigenvalue weighted by Crippen LogP contribution is -2.30. The molecule has 24 heavy (non-hydrogen) atoms. The van der Waals surface area contributed by atoms with Crippen LogP contribution in [0.4, 0.5) is 0 Å². The van der Waals surface area contributed by atoms with Gasteiger partial charge in [0.25, 0.3) is 5.91 Å². The number of hydrogen-bond donors (Lipinski definition) is 1. The third-order valence-electron chi connectivity index (χ3n) is 5.31. The lowest BCUT2D eigenvalue weighted by molar-refractivity contribution is 0.0736. The van der Waals surface area contributed by atoms with Crippen molar-refractivity contribution >= 4 is 17.2 Å². The van der Waals surface area contributed by atoms with Crippen molar-refractivity contribution in [3.63, 3.8) is 0 Å². The predicted molar refractivity (Wildman–Crippen MR) is 98.6 cm³/mol. The Balaban J connectivity index is 1.51. The Morgan fingerprint density at radius 1 is 1.12 bits per heavy atom. The van der Waals surface area contributed by atoms with E-state index in [4.69, 9.17) is 0 Å². The molecule has 0 radical (unpaired) electrons. The number of piperidine rings is 1. The van der Waals surface area contributed by atoms with Gasteiger partial charge in [-0.15, -0.1) is 11.3 Å². The number of rotatable bonds is 3. The summed E-state index contributed by atoms with van der Waals surface area (Å²) in [5.41, 5.74) is 2.15. The van der Waals surface area contributed by atoms with E-state index in [9.17, 15) is 4.79 Å². The molecule has 4 rings (SSSR count). The SMILES string of the molecule is O=C(c1csc(C2CCNCC2)c1)N1CCCC1c1ccccc1. The van der Waals surface area contributed by atoms with Gasteiger partial charge in [-0.25, -0.2) is 0 Å². The Morgan fingerprint density at radius 2 is 1.92 bits per heavy atom. The summed E-state index contributed by atoms with van der Waals surface area (Å²) < 4.78 is 0. The van der Waals surface area contributed by atoms with Gasteiger partial charge in [-0.3, -0.25) is 4.79 Å². The van der Waals surface area contributed by atoms with E-state index in [-0.39, 0.29) is 11.9 Å². The maximum absolute atomic E-state index is 13.0. The van der Waals surface area contributed by atoms with Gasteiger partial charge in [-0.05, 0) is 56.3 Å². The molecule has 3 nitrogen and oxygen atoms in total. The van der Waals surface area contributed by atoms with Gasteiger partial charge in [0.05, 0.1) is 11.6 Å². The van der Waals surface area contributed by atoms with Crippen LogP contribution < -0.4 is 5.32 Å². The maximum Gasteiger partial charge on any atom is 0.255 e. The lowest BCUT2D eigenvalue weighted by atomic mass is 9.96. The molecule has 126 valence electrons. The van der Waals surface area contributed by atoms with E-state index in [0.717, 1.165) is 38.0 Å². The summed E-state index contributed by atoms with van der Waals surface area (Å²) in [5, 5.41) is 5.48. The van der Waals surface area contributed by atoms with Crippen molar-refractivity contribution in [2.24, 2.45) is 0 Å². The maximum atomic E-state index is 13.0. The van der Waals surface area contributed by atoms with E-state index in [0.29, 0.717) is 5.92 Å². The van der Waals surface area contributed by atoms with Crippen LogP contribution in [0.3, 0.4) is 0 Å². The van der Waals surface area contributed by atoms with Gasteiger partial charge in [0, 0.05) is 16.8 Å². The van der Waals surface area contributed by atoms with Crippen molar-refractivity contribution in [3.8, 4) is 0 Å². The van der Waals surface area contributed by atoms with Crippen LogP contribution in [0, 0.1) is 0 Å². The standard InChI is InChI=1S/C20H24N2OS/c23-20(17-13-19(24-14-17)16-8-10-21-11-9-16)22-12-4-7-18(22)15-5-2-1-3-6-15/h1-3,5-6,13-14,16,18,21H,4,7-12H2. The second kappa shape index (κ2) is 7.08. The van der Waals surface area contributed by atoms with Crippen LogP contribution in [0.2, 0.25) is 0 Å². The summed E-state index contributed by atoms with van der Waals surface area (Å²) in [5.74, 6) is 0.832. The predicted octanol–water partition coefficient (Wildman–Crippen LogP) is 4.19. The third kappa shape index (κ3) is 3.13. The van der Waals surface area contributed by atoms with Crippen molar-refractivity contribution in [2.45, 2.75) is 37.6 Å². The van der Waals surface area contributed by atoms with E-state index in [1.807, 2.05) is 6.07 Å². The van der Waals surface area contributed by atoms with Gasteiger partial charge < -0.3 is 10.2 Å². The number of carbonyl (C=O) groups excluding carboxylic acids is 1. The smallest absolute Gasteiger partial charge is 0.255 e. The molecule has 1 atom stereocenters. The fourth-order valence-corrected chi connectivity index (χ4v) is 5.04. The molecule has 2 fully saturated rings. The Kier molecular flexibility index (Phi) is 4.67. The zero-order valence-corrected chi connectivity index (χ0v) is 14.7. The normalized spacial score (nSPS) is 22.0. The number of nitrogens with one attached hydrogen (secondary N) is 1. The van der Waals surface area contributed by atoms with Crippen LogP contribution in [0.15, 0.2) is 41.8 Å². The number of hydrogen-bond acceptors (Lipinski definition) is 3. The van der Waals surface area contributed by atoms with Gasteiger partial charge in [-0.1, -0.05) is 30.3 Å². The average Bonchev–Trinajstić information content (AvgIpc) is 3.32. The van der Waals surface area contributed by atoms with Gasteiger partial charge >= 0.3 is 0 Å². The number of carbonyl (C=O) groups is 1.